The van der Waals surface area contributed by atoms with Crippen LogP contribution in [0.1, 0.15) is 64.0 Å². The third-order valence-corrected chi connectivity index (χ3v) is 6.15. The number of nitrogens with zero attached hydrogens (tertiary/aromatic N) is 4. The van der Waals surface area contributed by atoms with Crippen LogP contribution in [0.2, 0.25) is 0 Å². The second-order valence-corrected chi connectivity index (χ2v) is 7.59. The van der Waals surface area contributed by atoms with Crippen LogP contribution < -0.4 is 10.6 Å². The molecule has 0 aliphatic heterocycles. The number of guanidine groups is 1. The number of aromatic nitrogens is 3. The highest BCUT2D eigenvalue weighted by atomic mass is 127. The van der Waals surface area contributed by atoms with E-state index >= 15 is 0 Å². The third-order valence-electron chi connectivity index (χ3n) is 6.15. The Hall–Kier alpha value is -0.900. The molecular formula is C19H35IN6O. The molecule has 0 saturated heterocycles. The van der Waals surface area contributed by atoms with Crippen molar-refractivity contribution in [2.45, 2.75) is 78.0 Å². The average Bonchev–Trinajstić information content (AvgIpc) is 2.98. The highest BCUT2D eigenvalue weighted by Gasteiger charge is 2.55. The molecule has 0 amide bonds. The Morgan fingerprint density at radius 1 is 1.26 bits per heavy atom. The van der Waals surface area contributed by atoms with Gasteiger partial charge in [-0.1, -0.05) is 19.3 Å². The molecule has 2 unspecified atom stereocenters. The minimum atomic E-state index is 0. The summed E-state index contributed by atoms with van der Waals surface area (Å²) in [7, 11) is 1.98. The van der Waals surface area contributed by atoms with Crippen molar-refractivity contribution in [2.75, 3.05) is 13.2 Å². The first-order valence-electron chi connectivity index (χ1n) is 10.1. The molecule has 1 aromatic heterocycles. The normalized spacial score (nSPS) is 24.2. The molecule has 1 spiro atoms. The Bertz CT molecular complexity index is 626. The van der Waals surface area contributed by atoms with Crippen molar-refractivity contribution in [3.05, 3.63) is 11.6 Å². The van der Waals surface area contributed by atoms with Crippen LogP contribution in [0.3, 0.4) is 0 Å². The van der Waals surface area contributed by atoms with Crippen LogP contribution in [0, 0.1) is 12.3 Å². The van der Waals surface area contributed by atoms with Crippen molar-refractivity contribution < 1.29 is 4.74 Å². The van der Waals surface area contributed by atoms with Crippen LogP contribution in [0.5, 0.6) is 0 Å². The Labute approximate surface area is 180 Å². The number of nitrogens with one attached hydrogen (secondary N) is 2. The fourth-order valence-corrected chi connectivity index (χ4v) is 4.49. The van der Waals surface area contributed by atoms with Gasteiger partial charge in [0.1, 0.15) is 12.4 Å². The molecule has 2 fully saturated rings. The predicted octanol–water partition coefficient (Wildman–Crippen LogP) is 2.92. The molecule has 7 nitrogen and oxygen atoms in total. The lowest BCUT2D eigenvalue weighted by Crippen LogP contribution is -2.66. The van der Waals surface area contributed by atoms with Crippen LogP contribution in [0.15, 0.2) is 4.99 Å². The second-order valence-electron chi connectivity index (χ2n) is 7.59. The summed E-state index contributed by atoms with van der Waals surface area (Å²) in [5, 5.41) is 15.4. The zero-order valence-corrected chi connectivity index (χ0v) is 19.5. The summed E-state index contributed by atoms with van der Waals surface area (Å²) in [6.07, 6.45) is 7.97. The van der Waals surface area contributed by atoms with Crippen LogP contribution in [-0.2, 0) is 18.3 Å². The van der Waals surface area contributed by atoms with E-state index in [4.69, 9.17) is 9.73 Å². The SMILES string of the molecule is CCNC(=NCc1nnc(C)n1C)NC1CC(OCC)C12CCCCC2.I. The van der Waals surface area contributed by atoms with Crippen LogP contribution in [0.25, 0.3) is 0 Å². The second kappa shape index (κ2) is 10.0. The van der Waals surface area contributed by atoms with Gasteiger partial charge in [0.05, 0.1) is 6.10 Å². The zero-order chi connectivity index (χ0) is 18.6. The Morgan fingerprint density at radius 2 is 2.00 bits per heavy atom. The highest BCUT2D eigenvalue weighted by molar-refractivity contribution is 14.0. The Morgan fingerprint density at radius 3 is 2.59 bits per heavy atom. The van der Waals surface area contributed by atoms with Gasteiger partial charge in [-0.05, 0) is 40.0 Å². The lowest BCUT2D eigenvalue weighted by atomic mass is 9.55. The van der Waals surface area contributed by atoms with Crippen molar-refractivity contribution in [1.29, 1.82) is 0 Å². The van der Waals surface area contributed by atoms with Crippen molar-refractivity contribution in [1.82, 2.24) is 25.4 Å². The molecule has 0 aromatic carbocycles. The van der Waals surface area contributed by atoms with Gasteiger partial charge in [-0.3, -0.25) is 0 Å². The van der Waals surface area contributed by atoms with Crippen molar-refractivity contribution >= 4 is 29.9 Å². The van der Waals surface area contributed by atoms with Crippen LogP contribution in [0.4, 0.5) is 0 Å². The van der Waals surface area contributed by atoms with E-state index in [0.29, 0.717) is 18.7 Å². The molecule has 1 heterocycles. The van der Waals surface area contributed by atoms with Gasteiger partial charge >= 0.3 is 0 Å². The molecule has 27 heavy (non-hydrogen) atoms. The summed E-state index contributed by atoms with van der Waals surface area (Å²) in [6.45, 7) is 8.34. The van der Waals surface area contributed by atoms with E-state index in [9.17, 15) is 0 Å². The van der Waals surface area contributed by atoms with Crippen molar-refractivity contribution in [3.63, 3.8) is 0 Å². The van der Waals surface area contributed by atoms with E-state index in [2.05, 4.69) is 34.7 Å². The number of halogens is 1. The van der Waals surface area contributed by atoms with Gasteiger partial charge in [-0.25, -0.2) is 4.99 Å². The first-order chi connectivity index (χ1) is 12.6. The third kappa shape index (κ3) is 4.75. The molecule has 0 bridgehead atoms. The molecule has 3 rings (SSSR count). The van der Waals surface area contributed by atoms with E-state index in [1.807, 2.05) is 18.5 Å². The molecule has 154 valence electrons. The number of hydrogen-bond donors (Lipinski definition) is 2. The lowest BCUT2D eigenvalue weighted by Gasteiger charge is -2.57. The van der Waals surface area contributed by atoms with Gasteiger partial charge in [0.15, 0.2) is 11.8 Å². The number of rotatable bonds is 6. The van der Waals surface area contributed by atoms with Crippen LogP contribution in [-0.4, -0.2) is 46.0 Å². The van der Waals surface area contributed by atoms with E-state index < -0.39 is 0 Å². The van der Waals surface area contributed by atoms with Crippen molar-refractivity contribution in [2.24, 2.45) is 17.5 Å². The summed E-state index contributed by atoms with van der Waals surface area (Å²) in [5.74, 6) is 2.67. The molecule has 1 aromatic rings. The first kappa shape index (κ1) is 22.4. The van der Waals surface area contributed by atoms with Gasteiger partial charge in [-0.15, -0.1) is 34.2 Å². The summed E-state index contributed by atoms with van der Waals surface area (Å²) in [6, 6.07) is 0.443. The molecule has 2 atom stereocenters. The summed E-state index contributed by atoms with van der Waals surface area (Å²) >= 11 is 0. The molecule has 0 radical (unpaired) electrons. The molecule has 8 heteroatoms. The van der Waals surface area contributed by atoms with Crippen LogP contribution >= 0.6 is 24.0 Å². The van der Waals surface area contributed by atoms with Gasteiger partial charge in [0.2, 0.25) is 0 Å². The molecule has 2 saturated carbocycles. The fraction of sp³-hybridized carbons (Fsp3) is 0.842. The molecular weight excluding hydrogens is 455 g/mol. The Kier molecular flexibility index (Phi) is 8.33. The zero-order valence-electron chi connectivity index (χ0n) is 17.1. The molecule has 2 aliphatic carbocycles. The minimum absolute atomic E-state index is 0. The summed E-state index contributed by atoms with van der Waals surface area (Å²) in [5.41, 5.74) is 0.284. The monoisotopic (exact) mass is 490 g/mol. The van der Waals surface area contributed by atoms with Gasteiger partial charge in [-0.2, -0.15) is 0 Å². The maximum Gasteiger partial charge on any atom is 0.191 e. The van der Waals surface area contributed by atoms with Gasteiger partial charge < -0.3 is 19.9 Å². The number of ether oxygens (including phenoxy) is 1. The number of hydrogen-bond acceptors (Lipinski definition) is 4. The topological polar surface area (TPSA) is 76.4 Å². The maximum absolute atomic E-state index is 6.07. The maximum atomic E-state index is 6.07. The summed E-state index contributed by atoms with van der Waals surface area (Å²) in [4.78, 5) is 4.76. The van der Waals surface area contributed by atoms with Gasteiger partial charge in [0, 0.05) is 31.7 Å². The minimum Gasteiger partial charge on any atom is -0.378 e. The predicted molar refractivity (Wildman–Crippen MR) is 118 cm³/mol. The smallest absolute Gasteiger partial charge is 0.191 e. The van der Waals surface area contributed by atoms with Gasteiger partial charge in [0.25, 0.3) is 0 Å². The van der Waals surface area contributed by atoms with E-state index in [-0.39, 0.29) is 29.4 Å². The molecule has 2 aliphatic rings. The lowest BCUT2D eigenvalue weighted by molar-refractivity contribution is -0.145. The average molecular weight is 490 g/mol. The first-order valence-corrected chi connectivity index (χ1v) is 10.1. The van der Waals surface area contributed by atoms with E-state index in [1.54, 1.807) is 0 Å². The highest BCUT2D eigenvalue weighted by Crippen LogP contribution is 2.53. The van der Waals surface area contributed by atoms with E-state index in [1.165, 1.54) is 32.1 Å². The van der Waals surface area contributed by atoms with E-state index in [0.717, 1.165) is 37.2 Å². The standard InChI is InChI=1S/C19H34N6O.HI/c1-5-20-18(21-13-17-24-23-14(3)25(17)4)22-15-12-16(26-6-2)19(15)10-8-7-9-11-19;/h15-16H,5-13H2,1-4H3,(H2,20,21,22);1H. The summed E-state index contributed by atoms with van der Waals surface area (Å²) < 4.78 is 8.06. The van der Waals surface area contributed by atoms with Crippen molar-refractivity contribution in [3.8, 4) is 0 Å². The fourth-order valence-electron chi connectivity index (χ4n) is 4.49. The quantitative estimate of drug-likeness (QED) is 0.365. The number of aliphatic imine (C=N–C) groups is 1. The largest absolute Gasteiger partial charge is 0.378 e. The molecule has 2 N–H and O–H groups in total. The number of aryl methyl sites for hydroxylation is 1. The Balaban J connectivity index is 0.00000261.